The fourth-order valence-electron chi connectivity index (χ4n) is 2.34. The van der Waals surface area contributed by atoms with Crippen molar-refractivity contribution < 1.29 is 22.7 Å². The molecule has 0 aliphatic heterocycles. The second-order valence-electron chi connectivity index (χ2n) is 5.98. The van der Waals surface area contributed by atoms with Crippen molar-refractivity contribution in [2.75, 3.05) is 13.6 Å². The molecule has 0 heterocycles. The van der Waals surface area contributed by atoms with Gasteiger partial charge in [-0.1, -0.05) is 42.5 Å². The van der Waals surface area contributed by atoms with Crippen molar-refractivity contribution in [1.29, 1.82) is 0 Å². The van der Waals surface area contributed by atoms with Crippen molar-refractivity contribution in [3.8, 4) is 0 Å². The molecule has 5 nitrogen and oxygen atoms in total. The zero-order valence-electron chi connectivity index (χ0n) is 15.4. The van der Waals surface area contributed by atoms with Crippen molar-refractivity contribution in [2.45, 2.75) is 25.7 Å². The predicted molar refractivity (Wildman–Crippen MR) is 101 cm³/mol. The Hall–Kier alpha value is -3.03. The third-order valence-electron chi connectivity index (χ3n) is 3.76. The van der Waals surface area contributed by atoms with Crippen LogP contribution in [0.5, 0.6) is 0 Å². The van der Waals surface area contributed by atoms with E-state index in [0.717, 1.165) is 11.1 Å². The predicted octanol–water partition coefficient (Wildman–Crippen LogP) is 3.66. The monoisotopic (exact) mass is 393 g/mol. The maximum atomic E-state index is 12.2. The van der Waals surface area contributed by atoms with Crippen LogP contribution in [0.1, 0.15) is 27.9 Å². The molecule has 0 aliphatic rings. The van der Waals surface area contributed by atoms with E-state index >= 15 is 0 Å². The highest BCUT2D eigenvalue weighted by Gasteiger charge is 2.26. The molecule has 0 atom stereocenters. The van der Waals surface area contributed by atoms with Crippen molar-refractivity contribution in [3.63, 3.8) is 0 Å². The summed E-state index contributed by atoms with van der Waals surface area (Å²) in [5.74, 6) is -0.195. The summed E-state index contributed by atoms with van der Waals surface area (Å²) in [7, 11) is 1.47. The fourth-order valence-corrected chi connectivity index (χ4v) is 2.34. The molecule has 0 fully saturated rings. The SMILES string of the molecule is CN=C(NCCC(F)(F)F)NCc1cccc(C(=O)OCc2ccccc2)c1. The fraction of sp³-hybridized carbons (Fsp3) is 0.300. The maximum absolute atomic E-state index is 12.2. The van der Waals surface area contributed by atoms with Gasteiger partial charge in [0.25, 0.3) is 0 Å². The minimum absolute atomic E-state index is 0.178. The molecule has 0 unspecified atom stereocenters. The molecule has 2 N–H and O–H groups in total. The van der Waals surface area contributed by atoms with Gasteiger partial charge in [-0.3, -0.25) is 4.99 Å². The first-order chi connectivity index (χ1) is 13.4. The smallest absolute Gasteiger partial charge is 0.390 e. The average Bonchev–Trinajstić information content (AvgIpc) is 2.69. The zero-order valence-corrected chi connectivity index (χ0v) is 15.4. The molecule has 28 heavy (non-hydrogen) atoms. The number of alkyl halides is 3. The highest BCUT2D eigenvalue weighted by Crippen LogP contribution is 2.18. The van der Waals surface area contributed by atoms with Crippen LogP contribution < -0.4 is 10.6 Å². The van der Waals surface area contributed by atoms with E-state index in [-0.39, 0.29) is 19.1 Å². The summed E-state index contributed by atoms with van der Waals surface area (Å²) in [6.45, 7) is 0.207. The second kappa shape index (κ2) is 10.3. The summed E-state index contributed by atoms with van der Waals surface area (Å²) in [5, 5.41) is 5.51. The molecule has 2 aromatic rings. The Balaban J connectivity index is 1.85. The van der Waals surface area contributed by atoms with E-state index < -0.39 is 18.6 Å². The summed E-state index contributed by atoms with van der Waals surface area (Å²) < 4.78 is 41.9. The van der Waals surface area contributed by atoms with E-state index in [0.29, 0.717) is 12.1 Å². The lowest BCUT2D eigenvalue weighted by Gasteiger charge is -2.13. The number of nitrogens with zero attached hydrogens (tertiary/aromatic N) is 1. The molecule has 2 rings (SSSR count). The number of hydrogen-bond donors (Lipinski definition) is 2. The normalized spacial score (nSPS) is 11.8. The quantitative estimate of drug-likeness (QED) is 0.428. The minimum Gasteiger partial charge on any atom is -0.457 e. The molecule has 0 saturated carbocycles. The number of rotatable bonds is 7. The number of halogens is 3. The van der Waals surface area contributed by atoms with Gasteiger partial charge in [-0.2, -0.15) is 13.2 Å². The molecule has 8 heteroatoms. The number of guanidine groups is 1. The van der Waals surface area contributed by atoms with Crippen molar-refractivity contribution in [3.05, 3.63) is 71.3 Å². The standard InChI is InChI=1S/C20H22F3N3O2/c1-24-19(25-11-10-20(21,22)23)26-13-16-8-5-9-17(12-16)18(27)28-14-15-6-3-2-4-7-15/h2-9,12H,10-11,13-14H2,1H3,(H2,24,25,26). The van der Waals surface area contributed by atoms with Crippen molar-refractivity contribution in [2.24, 2.45) is 4.99 Å². The van der Waals surface area contributed by atoms with Gasteiger partial charge in [0.1, 0.15) is 6.61 Å². The first-order valence-corrected chi connectivity index (χ1v) is 8.68. The number of carbonyl (C=O) groups is 1. The summed E-state index contributed by atoms with van der Waals surface area (Å²) in [6.07, 6.45) is -5.17. The van der Waals surface area contributed by atoms with Crippen molar-refractivity contribution in [1.82, 2.24) is 10.6 Å². The Morgan fingerprint density at radius 1 is 1.04 bits per heavy atom. The van der Waals surface area contributed by atoms with Crippen LogP contribution >= 0.6 is 0 Å². The summed E-state index contributed by atoms with van der Waals surface area (Å²) in [6, 6.07) is 16.2. The molecular formula is C20H22F3N3O2. The minimum atomic E-state index is -4.22. The molecule has 0 radical (unpaired) electrons. The molecule has 2 aromatic carbocycles. The van der Waals surface area contributed by atoms with Gasteiger partial charge in [-0.15, -0.1) is 0 Å². The third kappa shape index (κ3) is 7.69. The van der Waals surface area contributed by atoms with E-state index in [1.807, 2.05) is 30.3 Å². The van der Waals surface area contributed by atoms with Crippen LogP contribution in [-0.4, -0.2) is 31.7 Å². The summed E-state index contributed by atoms with van der Waals surface area (Å²) in [5.41, 5.74) is 2.06. The Labute approximate surface area is 161 Å². The number of benzene rings is 2. The highest BCUT2D eigenvalue weighted by molar-refractivity contribution is 5.89. The molecular weight excluding hydrogens is 371 g/mol. The topological polar surface area (TPSA) is 62.7 Å². The second-order valence-corrected chi connectivity index (χ2v) is 5.98. The lowest BCUT2D eigenvalue weighted by molar-refractivity contribution is -0.132. The van der Waals surface area contributed by atoms with Gasteiger partial charge in [0, 0.05) is 20.1 Å². The van der Waals surface area contributed by atoms with Crippen molar-refractivity contribution >= 4 is 11.9 Å². The molecule has 0 bridgehead atoms. The Kier molecular flexibility index (Phi) is 7.86. The van der Waals surface area contributed by atoms with Gasteiger partial charge in [0.05, 0.1) is 12.0 Å². The molecule has 0 aromatic heterocycles. The largest absolute Gasteiger partial charge is 0.457 e. The van der Waals surface area contributed by atoms with Gasteiger partial charge in [-0.25, -0.2) is 4.79 Å². The Morgan fingerprint density at radius 2 is 1.75 bits per heavy atom. The number of nitrogens with one attached hydrogen (secondary N) is 2. The van der Waals surface area contributed by atoms with E-state index in [4.69, 9.17) is 4.74 Å². The lowest BCUT2D eigenvalue weighted by Crippen LogP contribution is -2.38. The van der Waals surface area contributed by atoms with E-state index in [9.17, 15) is 18.0 Å². The number of carbonyl (C=O) groups excluding carboxylic acids is 1. The maximum Gasteiger partial charge on any atom is 0.390 e. The van der Waals surface area contributed by atoms with Gasteiger partial charge in [0.2, 0.25) is 0 Å². The summed E-state index contributed by atoms with van der Waals surface area (Å²) >= 11 is 0. The van der Waals surface area contributed by atoms with Crippen LogP contribution in [0.2, 0.25) is 0 Å². The van der Waals surface area contributed by atoms with Crippen LogP contribution in [0.15, 0.2) is 59.6 Å². The van der Waals surface area contributed by atoms with Crippen LogP contribution in [0.25, 0.3) is 0 Å². The van der Waals surface area contributed by atoms with E-state index in [1.54, 1.807) is 24.3 Å². The third-order valence-corrected chi connectivity index (χ3v) is 3.76. The Morgan fingerprint density at radius 3 is 2.43 bits per heavy atom. The first-order valence-electron chi connectivity index (χ1n) is 8.68. The highest BCUT2D eigenvalue weighted by atomic mass is 19.4. The number of aliphatic imine (C=N–C) groups is 1. The first kappa shape index (κ1) is 21.3. The Bertz CT molecular complexity index is 793. The zero-order chi connectivity index (χ0) is 20.4. The number of esters is 1. The van der Waals surface area contributed by atoms with Gasteiger partial charge >= 0.3 is 12.1 Å². The van der Waals surface area contributed by atoms with E-state index in [1.165, 1.54) is 7.05 Å². The number of ether oxygens (including phenoxy) is 1. The molecule has 0 amide bonds. The van der Waals surface area contributed by atoms with Gasteiger partial charge < -0.3 is 15.4 Å². The van der Waals surface area contributed by atoms with E-state index in [2.05, 4.69) is 15.6 Å². The van der Waals surface area contributed by atoms with Gasteiger partial charge in [0.15, 0.2) is 5.96 Å². The van der Waals surface area contributed by atoms with Crippen LogP contribution in [0.4, 0.5) is 13.2 Å². The molecule has 0 aliphatic carbocycles. The van der Waals surface area contributed by atoms with Crippen LogP contribution in [0.3, 0.4) is 0 Å². The molecule has 0 spiro atoms. The number of hydrogen-bond acceptors (Lipinski definition) is 3. The average molecular weight is 393 g/mol. The summed E-state index contributed by atoms with van der Waals surface area (Å²) in [4.78, 5) is 16.1. The molecule has 0 saturated heterocycles. The van der Waals surface area contributed by atoms with Crippen LogP contribution in [-0.2, 0) is 17.9 Å². The van der Waals surface area contributed by atoms with Gasteiger partial charge in [-0.05, 0) is 23.3 Å². The lowest BCUT2D eigenvalue weighted by atomic mass is 10.1. The molecule has 150 valence electrons. The van der Waals surface area contributed by atoms with Crippen LogP contribution in [0, 0.1) is 0 Å².